The summed E-state index contributed by atoms with van der Waals surface area (Å²) in [4.78, 5) is 27.6. The Bertz CT molecular complexity index is 857. The van der Waals surface area contributed by atoms with Crippen molar-refractivity contribution in [3.8, 4) is 0 Å². The molecule has 1 atom stereocenters. The zero-order chi connectivity index (χ0) is 21.0. The third kappa shape index (κ3) is 4.27. The molecular weight excluding hydrogens is 383 g/mol. The van der Waals surface area contributed by atoms with E-state index in [4.69, 9.17) is 4.42 Å². The average molecular weight is 413 g/mol. The molecule has 1 saturated heterocycles. The highest BCUT2D eigenvalue weighted by molar-refractivity contribution is 5.95. The van der Waals surface area contributed by atoms with Crippen molar-refractivity contribution in [2.24, 2.45) is 0 Å². The largest absolute Gasteiger partial charge is 0.459 e. The van der Waals surface area contributed by atoms with E-state index in [-0.39, 0.29) is 28.8 Å². The van der Waals surface area contributed by atoms with Crippen LogP contribution in [0.3, 0.4) is 0 Å². The van der Waals surface area contributed by atoms with Gasteiger partial charge in [-0.1, -0.05) is 31.4 Å². The lowest BCUT2D eigenvalue weighted by molar-refractivity contribution is -0.127. The Morgan fingerprint density at radius 2 is 1.83 bits per heavy atom. The first-order chi connectivity index (χ1) is 14.6. The molecule has 2 aromatic rings. The SMILES string of the molecule is O=C(NCC1(c2ccc(F)cc2)CCCCC1)C1CCCCN1C(=O)c1ccco1. The fraction of sp³-hybridized carbons (Fsp3) is 0.500. The zero-order valence-electron chi connectivity index (χ0n) is 17.2. The Labute approximate surface area is 176 Å². The van der Waals surface area contributed by atoms with Gasteiger partial charge in [0.15, 0.2) is 5.76 Å². The lowest BCUT2D eigenvalue weighted by atomic mass is 9.69. The van der Waals surface area contributed by atoms with Crippen molar-refractivity contribution in [3.05, 3.63) is 59.8 Å². The maximum Gasteiger partial charge on any atom is 0.290 e. The number of piperidine rings is 1. The lowest BCUT2D eigenvalue weighted by Crippen LogP contribution is -2.54. The first-order valence-corrected chi connectivity index (χ1v) is 11.0. The molecule has 4 rings (SSSR count). The Morgan fingerprint density at radius 1 is 1.07 bits per heavy atom. The van der Waals surface area contributed by atoms with Crippen molar-refractivity contribution in [1.82, 2.24) is 10.2 Å². The summed E-state index contributed by atoms with van der Waals surface area (Å²) in [6, 6.07) is 9.53. The Balaban J connectivity index is 1.48. The van der Waals surface area contributed by atoms with Gasteiger partial charge in [0.1, 0.15) is 11.9 Å². The van der Waals surface area contributed by atoms with Crippen molar-refractivity contribution in [3.63, 3.8) is 0 Å². The minimum Gasteiger partial charge on any atom is -0.459 e. The number of rotatable bonds is 5. The lowest BCUT2D eigenvalue weighted by Gasteiger charge is -2.39. The molecule has 0 bridgehead atoms. The van der Waals surface area contributed by atoms with Gasteiger partial charge in [-0.3, -0.25) is 9.59 Å². The van der Waals surface area contributed by atoms with Crippen LogP contribution in [0, 0.1) is 5.82 Å². The van der Waals surface area contributed by atoms with E-state index < -0.39 is 6.04 Å². The number of halogens is 1. The van der Waals surface area contributed by atoms with Crippen molar-refractivity contribution in [2.75, 3.05) is 13.1 Å². The number of carbonyl (C=O) groups is 2. The van der Waals surface area contributed by atoms with Gasteiger partial charge in [-0.15, -0.1) is 0 Å². The summed E-state index contributed by atoms with van der Waals surface area (Å²) in [5, 5.41) is 3.15. The number of benzene rings is 1. The van der Waals surface area contributed by atoms with Gasteiger partial charge < -0.3 is 14.6 Å². The molecule has 2 heterocycles. The van der Waals surface area contributed by atoms with E-state index in [0.29, 0.717) is 19.5 Å². The van der Waals surface area contributed by atoms with E-state index in [1.807, 2.05) is 12.1 Å². The van der Waals surface area contributed by atoms with Crippen LogP contribution in [0.5, 0.6) is 0 Å². The Hall–Kier alpha value is -2.63. The topological polar surface area (TPSA) is 62.6 Å². The molecule has 1 unspecified atom stereocenters. The van der Waals surface area contributed by atoms with E-state index in [0.717, 1.165) is 44.1 Å². The number of amides is 2. The molecule has 2 amide bonds. The minimum absolute atomic E-state index is 0.110. The number of nitrogens with one attached hydrogen (secondary N) is 1. The van der Waals surface area contributed by atoms with Crippen LogP contribution in [-0.2, 0) is 10.2 Å². The van der Waals surface area contributed by atoms with Gasteiger partial charge in [-0.2, -0.15) is 0 Å². The normalized spacial score (nSPS) is 21.2. The highest BCUT2D eigenvalue weighted by Gasteiger charge is 2.37. The van der Waals surface area contributed by atoms with Gasteiger partial charge in [0.2, 0.25) is 5.91 Å². The molecule has 30 heavy (non-hydrogen) atoms. The molecule has 2 aliphatic rings. The fourth-order valence-electron chi connectivity index (χ4n) is 4.96. The standard InChI is InChI=1S/C24H29FN2O3/c25-19-11-9-18(10-12-19)24(13-3-1-4-14-24)17-26-22(28)20-7-2-5-15-27(20)23(29)21-8-6-16-30-21/h6,8-12,16,20H,1-5,7,13-15,17H2,(H,26,28). The second-order valence-electron chi connectivity index (χ2n) is 8.55. The maximum absolute atomic E-state index is 13.5. The summed E-state index contributed by atoms with van der Waals surface area (Å²) >= 11 is 0. The quantitative estimate of drug-likeness (QED) is 0.790. The van der Waals surface area contributed by atoms with Crippen molar-refractivity contribution in [1.29, 1.82) is 0 Å². The predicted octanol–water partition coefficient (Wildman–Crippen LogP) is 4.43. The zero-order valence-corrected chi connectivity index (χ0v) is 17.2. The maximum atomic E-state index is 13.5. The molecule has 1 saturated carbocycles. The summed E-state index contributed by atoms with van der Waals surface area (Å²) in [7, 11) is 0. The van der Waals surface area contributed by atoms with Crippen LogP contribution in [0.25, 0.3) is 0 Å². The van der Waals surface area contributed by atoms with Gasteiger partial charge in [-0.25, -0.2) is 4.39 Å². The van der Waals surface area contributed by atoms with Gasteiger partial charge in [0.25, 0.3) is 5.91 Å². The van der Waals surface area contributed by atoms with E-state index in [1.165, 1.54) is 24.8 Å². The van der Waals surface area contributed by atoms with Gasteiger partial charge >= 0.3 is 0 Å². The summed E-state index contributed by atoms with van der Waals surface area (Å²) < 4.78 is 18.7. The Morgan fingerprint density at radius 3 is 2.53 bits per heavy atom. The Kier molecular flexibility index (Phi) is 6.21. The number of hydrogen-bond donors (Lipinski definition) is 1. The molecule has 1 N–H and O–H groups in total. The van der Waals surface area contributed by atoms with Crippen molar-refractivity contribution >= 4 is 11.8 Å². The molecule has 0 radical (unpaired) electrons. The van der Waals surface area contributed by atoms with Crippen LogP contribution in [0.2, 0.25) is 0 Å². The van der Waals surface area contributed by atoms with Gasteiger partial charge in [0, 0.05) is 18.5 Å². The van der Waals surface area contributed by atoms with E-state index in [1.54, 1.807) is 17.0 Å². The smallest absolute Gasteiger partial charge is 0.290 e. The average Bonchev–Trinajstić information content (AvgIpc) is 3.33. The molecule has 160 valence electrons. The van der Waals surface area contributed by atoms with Gasteiger partial charge in [-0.05, 0) is 61.9 Å². The number of carbonyl (C=O) groups excluding carboxylic acids is 2. The van der Waals surface area contributed by atoms with E-state index in [9.17, 15) is 14.0 Å². The van der Waals surface area contributed by atoms with Gasteiger partial charge in [0.05, 0.1) is 6.26 Å². The van der Waals surface area contributed by atoms with Crippen molar-refractivity contribution in [2.45, 2.75) is 62.8 Å². The molecule has 6 heteroatoms. The number of nitrogens with zero attached hydrogens (tertiary/aromatic N) is 1. The molecule has 2 fully saturated rings. The molecular formula is C24H29FN2O3. The third-order valence-electron chi connectivity index (χ3n) is 6.67. The number of furan rings is 1. The molecule has 0 spiro atoms. The predicted molar refractivity (Wildman–Crippen MR) is 112 cm³/mol. The first kappa shape index (κ1) is 20.6. The summed E-state index contributed by atoms with van der Waals surface area (Å²) in [5.74, 6) is -0.319. The number of likely N-dealkylation sites (tertiary alicyclic amines) is 1. The monoisotopic (exact) mass is 412 g/mol. The van der Waals surface area contributed by atoms with Crippen molar-refractivity contribution < 1.29 is 18.4 Å². The molecule has 1 aromatic heterocycles. The highest BCUT2D eigenvalue weighted by atomic mass is 19.1. The van der Waals surface area contributed by atoms with Crippen LogP contribution < -0.4 is 5.32 Å². The second kappa shape index (κ2) is 9.02. The van der Waals surface area contributed by atoms with E-state index >= 15 is 0 Å². The third-order valence-corrected chi connectivity index (χ3v) is 6.67. The van der Waals surface area contributed by atoms with Crippen LogP contribution in [0.4, 0.5) is 4.39 Å². The van der Waals surface area contributed by atoms with Crippen LogP contribution in [0.15, 0.2) is 47.1 Å². The minimum atomic E-state index is -0.481. The first-order valence-electron chi connectivity index (χ1n) is 11.0. The van der Waals surface area contributed by atoms with E-state index in [2.05, 4.69) is 5.32 Å². The molecule has 1 aromatic carbocycles. The summed E-state index contributed by atoms with van der Waals surface area (Å²) in [6.07, 6.45) is 9.25. The molecule has 1 aliphatic heterocycles. The van der Waals surface area contributed by atoms with Crippen LogP contribution >= 0.6 is 0 Å². The summed E-state index contributed by atoms with van der Waals surface area (Å²) in [5.41, 5.74) is 0.905. The molecule has 5 nitrogen and oxygen atoms in total. The second-order valence-corrected chi connectivity index (χ2v) is 8.55. The van der Waals surface area contributed by atoms with Crippen LogP contribution in [0.1, 0.15) is 67.5 Å². The van der Waals surface area contributed by atoms with Crippen LogP contribution in [-0.4, -0.2) is 35.8 Å². The summed E-state index contributed by atoms with van der Waals surface area (Å²) in [6.45, 7) is 1.07. The fourth-order valence-corrected chi connectivity index (χ4v) is 4.96. The highest BCUT2D eigenvalue weighted by Crippen LogP contribution is 2.39. The number of hydrogen-bond acceptors (Lipinski definition) is 3. The molecule has 1 aliphatic carbocycles.